The van der Waals surface area contributed by atoms with Gasteiger partial charge in [-0.25, -0.2) is 0 Å². The molecule has 1 saturated heterocycles. The highest BCUT2D eigenvalue weighted by Gasteiger charge is 2.43. The zero-order chi connectivity index (χ0) is 19.9. The molecule has 0 radical (unpaired) electrons. The molecule has 0 aromatic heterocycles. The Bertz CT molecular complexity index is 410. The molecule has 4 nitrogen and oxygen atoms in total. The number of rotatable bonds is 16. The Labute approximate surface area is 167 Å². The summed E-state index contributed by atoms with van der Waals surface area (Å²) in [6, 6.07) is 0.0510. The Balaban J connectivity index is 2.30. The lowest BCUT2D eigenvalue weighted by molar-refractivity contribution is -0.149. The van der Waals surface area contributed by atoms with E-state index in [4.69, 9.17) is 4.74 Å². The van der Waals surface area contributed by atoms with Crippen molar-refractivity contribution in [3.05, 3.63) is 0 Å². The van der Waals surface area contributed by atoms with E-state index in [9.17, 15) is 9.59 Å². The van der Waals surface area contributed by atoms with Crippen LogP contribution in [-0.4, -0.2) is 36.0 Å². The van der Waals surface area contributed by atoms with Crippen LogP contribution in [0.15, 0.2) is 0 Å². The van der Waals surface area contributed by atoms with Gasteiger partial charge in [-0.05, 0) is 19.8 Å². The van der Waals surface area contributed by atoms with Crippen LogP contribution in [0.1, 0.15) is 111 Å². The van der Waals surface area contributed by atoms with Crippen LogP contribution >= 0.6 is 0 Å². The van der Waals surface area contributed by atoms with Gasteiger partial charge in [0.2, 0.25) is 5.91 Å². The van der Waals surface area contributed by atoms with E-state index in [1.165, 1.54) is 57.8 Å². The first-order valence-corrected chi connectivity index (χ1v) is 11.6. The molecule has 1 heterocycles. The van der Waals surface area contributed by atoms with Gasteiger partial charge in [0.05, 0.1) is 12.5 Å². The second-order valence-electron chi connectivity index (χ2n) is 8.04. The SMILES string of the molecule is CCCCCCCCCCCCN1C(=O)CC(C(=O)OCC)C1CCCC. The first-order chi connectivity index (χ1) is 13.2. The van der Waals surface area contributed by atoms with Gasteiger partial charge < -0.3 is 9.64 Å². The maximum atomic E-state index is 12.5. The van der Waals surface area contributed by atoms with Crippen molar-refractivity contribution >= 4 is 11.9 Å². The van der Waals surface area contributed by atoms with Crippen molar-refractivity contribution in [3.63, 3.8) is 0 Å². The fourth-order valence-corrected chi connectivity index (χ4v) is 4.16. The maximum Gasteiger partial charge on any atom is 0.311 e. The minimum atomic E-state index is -0.257. The molecule has 2 unspecified atom stereocenters. The number of amides is 1. The van der Waals surface area contributed by atoms with Gasteiger partial charge in [0.25, 0.3) is 0 Å². The lowest BCUT2D eigenvalue weighted by Gasteiger charge is -2.27. The number of hydrogen-bond acceptors (Lipinski definition) is 3. The second kappa shape index (κ2) is 14.9. The summed E-state index contributed by atoms with van der Waals surface area (Å²) in [4.78, 5) is 26.7. The van der Waals surface area contributed by atoms with Crippen LogP contribution in [-0.2, 0) is 14.3 Å². The Morgan fingerprint density at radius 1 is 0.889 bits per heavy atom. The van der Waals surface area contributed by atoms with Crippen LogP contribution in [0.4, 0.5) is 0 Å². The van der Waals surface area contributed by atoms with Gasteiger partial charge in [0, 0.05) is 19.0 Å². The maximum absolute atomic E-state index is 12.5. The highest BCUT2D eigenvalue weighted by Crippen LogP contribution is 2.31. The van der Waals surface area contributed by atoms with E-state index in [2.05, 4.69) is 13.8 Å². The number of hydrogen-bond donors (Lipinski definition) is 0. The van der Waals surface area contributed by atoms with E-state index < -0.39 is 0 Å². The molecule has 1 aliphatic heterocycles. The molecule has 0 aromatic rings. The number of carbonyl (C=O) groups is 2. The fraction of sp³-hybridized carbons (Fsp3) is 0.913. The number of carbonyl (C=O) groups excluding carboxylic acids is 2. The molecule has 27 heavy (non-hydrogen) atoms. The molecule has 0 aliphatic carbocycles. The van der Waals surface area contributed by atoms with Gasteiger partial charge >= 0.3 is 5.97 Å². The van der Waals surface area contributed by atoms with Crippen molar-refractivity contribution in [2.75, 3.05) is 13.2 Å². The van der Waals surface area contributed by atoms with E-state index in [0.717, 1.165) is 32.2 Å². The van der Waals surface area contributed by atoms with Crippen LogP contribution in [0.25, 0.3) is 0 Å². The van der Waals surface area contributed by atoms with Crippen LogP contribution < -0.4 is 0 Å². The van der Waals surface area contributed by atoms with Crippen LogP contribution in [0.2, 0.25) is 0 Å². The zero-order valence-corrected chi connectivity index (χ0v) is 18.1. The predicted molar refractivity (Wildman–Crippen MR) is 112 cm³/mol. The third-order valence-electron chi connectivity index (χ3n) is 5.78. The first kappa shape index (κ1) is 24.0. The monoisotopic (exact) mass is 381 g/mol. The summed E-state index contributed by atoms with van der Waals surface area (Å²) in [6.07, 6.45) is 16.4. The van der Waals surface area contributed by atoms with Gasteiger partial charge in [0.15, 0.2) is 0 Å². The van der Waals surface area contributed by atoms with E-state index in [1.807, 2.05) is 11.8 Å². The molecule has 0 aromatic carbocycles. The average molecular weight is 382 g/mol. The topological polar surface area (TPSA) is 46.6 Å². The van der Waals surface area contributed by atoms with E-state index in [-0.39, 0.29) is 23.8 Å². The number of unbranched alkanes of at least 4 members (excludes halogenated alkanes) is 10. The molecule has 1 aliphatic rings. The minimum Gasteiger partial charge on any atom is -0.466 e. The van der Waals surface area contributed by atoms with E-state index in [0.29, 0.717) is 13.0 Å². The number of esters is 1. The summed E-state index contributed by atoms with van der Waals surface area (Å²) in [5.74, 6) is -0.297. The summed E-state index contributed by atoms with van der Waals surface area (Å²) < 4.78 is 5.22. The normalized spacial score (nSPS) is 19.7. The largest absolute Gasteiger partial charge is 0.466 e. The van der Waals surface area contributed by atoms with Crippen molar-refractivity contribution in [2.24, 2.45) is 5.92 Å². The molecule has 158 valence electrons. The van der Waals surface area contributed by atoms with Gasteiger partial charge in [-0.3, -0.25) is 9.59 Å². The Hall–Kier alpha value is -1.06. The molecule has 0 bridgehead atoms. The van der Waals surface area contributed by atoms with E-state index >= 15 is 0 Å². The molecule has 0 saturated carbocycles. The summed E-state index contributed by atoms with van der Waals surface area (Å²) in [7, 11) is 0. The molecule has 0 N–H and O–H groups in total. The average Bonchev–Trinajstić information content (AvgIpc) is 2.97. The third-order valence-corrected chi connectivity index (χ3v) is 5.78. The highest BCUT2D eigenvalue weighted by atomic mass is 16.5. The quantitative estimate of drug-likeness (QED) is 0.248. The van der Waals surface area contributed by atoms with Crippen molar-refractivity contribution in [1.29, 1.82) is 0 Å². The van der Waals surface area contributed by atoms with Crippen molar-refractivity contribution in [3.8, 4) is 0 Å². The standard InChI is InChI=1S/C23H43NO3/c1-4-7-9-10-11-12-13-14-15-16-18-24-21(17-8-5-2)20(19-22(24)25)23(26)27-6-3/h20-21H,4-19H2,1-3H3. The summed E-state index contributed by atoms with van der Waals surface area (Å²) in [5, 5.41) is 0. The predicted octanol–water partition coefficient (Wildman–Crippen LogP) is 5.88. The van der Waals surface area contributed by atoms with Gasteiger partial charge in [-0.1, -0.05) is 84.5 Å². The summed E-state index contributed by atoms with van der Waals surface area (Å²) >= 11 is 0. The van der Waals surface area contributed by atoms with Crippen LogP contribution in [0.5, 0.6) is 0 Å². The second-order valence-corrected chi connectivity index (χ2v) is 8.04. The fourth-order valence-electron chi connectivity index (χ4n) is 4.16. The molecule has 1 fully saturated rings. The van der Waals surface area contributed by atoms with Crippen LogP contribution in [0, 0.1) is 5.92 Å². The Kier molecular flexibility index (Phi) is 13.3. The first-order valence-electron chi connectivity index (χ1n) is 11.6. The lowest BCUT2D eigenvalue weighted by atomic mass is 9.95. The molecule has 1 amide bonds. The number of likely N-dealkylation sites (tertiary alicyclic amines) is 1. The van der Waals surface area contributed by atoms with Crippen molar-refractivity contribution in [1.82, 2.24) is 4.90 Å². The molecular weight excluding hydrogens is 338 g/mol. The van der Waals surface area contributed by atoms with Crippen molar-refractivity contribution in [2.45, 2.75) is 117 Å². The molecule has 2 atom stereocenters. The van der Waals surface area contributed by atoms with E-state index in [1.54, 1.807) is 0 Å². The third kappa shape index (κ3) is 9.12. The smallest absolute Gasteiger partial charge is 0.311 e. The summed E-state index contributed by atoms with van der Waals surface area (Å²) in [6.45, 7) is 7.44. The lowest BCUT2D eigenvalue weighted by Crippen LogP contribution is -2.38. The molecular formula is C23H43NO3. The van der Waals surface area contributed by atoms with Gasteiger partial charge in [-0.2, -0.15) is 0 Å². The molecule has 0 spiro atoms. The summed E-state index contributed by atoms with van der Waals surface area (Å²) in [5.41, 5.74) is 0. The zero-order valence-electron chi connectivity index (χ0n) is 18.1. The van der Waals surface area contributed by atoms with Crippen molar-refractivity contribution < 1.29 is 14.3 Å². The Morgan fingerprint density at radius 2 is 1.44 bits per heavy atom. The number of ether oxygens (including phenoxy) is 1. The highest BCUT2D eigenvalue weighted by molar-refractivity contribution is 5.87. The van der Waals surface area contributed by atoms with Gasteiger partial charge in [0.1, 0.15) is 0 Å². The molecule has 1 rings (SSSR count). The molecule has 4 heteroatoms. The van der Waals surface area contributed by atoms with Crippen LogP contribution in [0.3, 0.4) is 0 Å². The Morgan fingerprint density at radius 3 is 2.00 bits per heavy atom. The minimum absolute atomic E-state index is 0.0510. The van der Waals surface area contributed by atoms with Gasteiger partial charge in [-0.15, -0.1) is 0 Å². The number of nitrogens with zero attached hydrogens (tertiary/aromatic N) is 1.